The third kappa shape index (κ3) is 5.90. The van der Waals surface area contributed by atoms with Crippen molar-refractivity contribution in [1.82, 2.24) is 0 Å². The predicted molar refractivity (Wildman–Crippen MR) is 103 cm³/mol. The first-order valence-electron chi connectivity index (χ1n) is 8.24. The van der Waals surface area contributed by atoms with Crippen molar-refractivity contribution in [3.05, 3.63) is 59.7 Å². The Balaban J connectivity index is 1.95. The van der Waals surface area contributed by atoms with Crippen LogP contribution in [0.3, 0.4) is 0 Å². The van der Waals surface area contributed by atoms with E-state index in [1.54, 1.807) is 36.4 Å². The Bertz CT molecular complexity index is 854. The van der Waals surface area contributed by atoms with Crippen LogP contribution < -0.4 is 9.47 Å². The molecule has 0 saturated heterocycles. The SMILES string of the molecule is COc1cc(/C=C/C(=O)CC(O)/C=C/c2ccc(O)c(OC)c2)ccc1O. The molecular weight excluding hydrogens is 348 g/mol. The highest BCUT2D eigenvalue weighted by atomic mass is 16.5. The molecule has 2 rings (SSSR count). The lowest BCUT2D eigenvalue weighted by Gasteiger charge is -2.05. The number of ketones is 1. The topological polar surface area (TPSA) is 96.2 Å². The minimum Gasteiger partial charge on any atom is -0.504 e. The minimum atomic E-state index is -0.948. The van der Waals surface area contributed by atoms with E-state index < -0.39 is 6.10 Å². The molecule has 0 radical (unpaired) electrons. The Morgan fingerprint density at radius 3 is 2.00 bits per heavy atom. The number of hydrogen-bond acceptors (Lipinski definition) is 6. The number of carbonyl (C=O) groups is 1. The first-order chi connectivity index (χ1) is 12.9. The maximum Gasteiger partial charge on any atom is 0.161 e. The number of benzene rings is 2. The third-order valence-electron chi connectivity index (χ3n) is 3.79. The summed E-state index contributed by atoms with van der Waals surface area (Å²) in [6.45, 7) is 0. The van der Waals surface area contributed by atoms with Crippen LogP contribution in [0.25, 0.3) is 12.2 Å². The second-order valence-corrected chi connectivity index (χ2v) is 5.79. The fourth-order valence-corrected chi connectivity index (χ4v) is 2.35. The minimum absolute atomic E-state index is 0.0207. The maximum absolute atomic E-state index is 12.0. The summed E-state index contributed by atoms with van der Waals surface area (Å²) < 4.78 is 10.0. The van der Waals surface area contributed by atoms with Gasteiger partial charge in [-0.15, -0.1) is 0 Å². The summed E-state index contributed by atoms with van der Waals surface area (Å²) in [5.41, 5.74) is 1.42. The van der Waals surface area contributed by atoms with E-state index in [2.05, 4.69) is 0 Å². The van der Waals surface area contributed by atoms with Crippen LogP contribution in [0.5, 0.6) is 23.0 Å². The normalized spacial score (nSPS) is 12.4. The second kappa shape index (κ2) is 9.45. The van der Waals surface area contributed by atoms with Gasteiger partial charge in [0.2, 0.25) is 0 Å². The lowest BCUT2D eigenvalue weighted by Crippen LogP contribution is -2.08. The number of aliphatic hydroxyl groups excluding tert-OH is 1. The highest BCUT2D eigenvalue weighted by molar-refractivity contribution is 5.94. The van der Waals surface area contributed by atoms with Crippen molar-refractivity contribution < 1.29 is 29.6 Å². The molecule has 2 aromatic carbocycles. The van der Waals surface area contributed by atoms with E-state index in [1.807, 2.05) is 0 Å². The predicted octanol–water partition coefficient (Wildman–Crippen LogP) is 3.16. The van der Waals surface area contributed by atoms with Gasteiger partial charge in [-0.25, -0.2) is 0 Å². The van der Waals surface area contributed by atoms with E-state index in [0.717, 1.165) is 5.56 Å². The van der Waals surface area contributed by atoms with Crippen LogP contribution in [0.1, 0.15) is 17.5 Å². The molecule has 142 valence electrons. The molecule has 0 aliphatic rings. The number of ether oxygens (including phenoxy) is 2. The van der Waals surface area contributed by atoms with E-state index in [1.165, 1.54) is 38.5 Å². The Morgan fingerprint density at radius 1 is 0.963 bits per heavy atom. The van der Waals surface area contributed by atoms with E-state index in [9.17, 15) is 20.1 Å². The van der Waals surface area contributed by atoms with Gasteiger partial charge in [-0.3, -0.25) is 4.79 Å². The van der Waals surface area contributed by atoms with Crippen LogP contribution >= 0.6 is 0 Å². The summed E-state index contributed by atoms with van der Waals surface area (Å²) >= 11 is 0. The van der Waals surface area contributed by atoms with Crippen LogP contribution in [0, 0.1) is 0 Å². The van der Waals surface area contributed by atoms with Crippen molar-refractivity contribution in [3.63, 3.8) is 0 Å². The van der Waals surface area contributed by atoms with Gasteiger partial charge in [0.05, 0.1) is 20.3 Å². The molecule has 0 aliphatic carbocycles. The first-order valence-corrected chi connectivity index (χ1v) is 8.24. The van der Waals surface area contributed by atoms with Gasteiger partial charge in [-0.1, -0.05) is 30.4 Å². The molecule has 0 aromatic heterocycles. The third-order valence-corrected chi connectivity index (χ3v) is 3.79. The smallest absolute Gasteiger partial charge is 0.161 e. The Hall–Kier alpha value is -3.25. The number of carbonyl (C=O) groups excluding carboxylic acids is 1. The molecule has 0 amide bonds. The molecule has 0 aliphatic heterocycles. The molecule has 6 heteroatoms. The number of aliphatic hydroxyl groups is 1. The largest absolute Gasteiger partial charge is 0.504 e. The fraction of sp³-hybridized carbons (Fsp3) is 0.190. The molecule has 2 aromatic rings. The highest BCUT2D eigenvalue weighted by Gasteiger charge is 2.07. The number of methoxy groups -OCH3 is 2. The van der Waals surface area contributed by atoms with Crippen LogP contribution in [-0.4, -0.2) is 41.4 Å². The van der Waals surface area contributed by atoms with Crippen LogP contribution in [-0.2, 0) is 4.79 Å². The van der Waals surface area contributed by atoms with E-state index in [0.29, 0.717) is 17.1 Å². The summed E-state index contributed by atoms with van der Waals surface area (Å²) in [4.78, 5) is 12.0. The van der Waals surface area contributed by atoms with E-state index in [-0.39, 0.29) is 23.7 Å². The van der Waals surface area contributed by atoms with Gasteiger partial charge in [0.15, 0.2) is 28.8 Å². The fourth-order valence-electron chi connectivity index (χ4n) is 2.35. The van der Waals surface area contributed by atoms with Gasteiger partial charge in [-0.05, 0) is 41.5 Å². The van der Waals surface area contributed by atoms with E-state index in [4.69, 9.17) is 9.47 Å². The van der Waals surface area contributed by atoms with Gasteiger partial charge in [0.25, 0.3) is 0 Å². The van der Waals surface area contributed by atoms with Gasteiger partial charge in [0, 0.05) is 6.42 Å². The molecule has 0 spiro atoms. The average molecular weight is 370 g/mol. The lowest BCUT2D eigenvalue weighted by molar-refractivity contribution is -0.115. The number of rotatable bonds is 8. The van der Waals surface area contributed by atoms with Crippen LogP contribution in [0.2, 0.25) is 0 Å². The molecule has 1 unspecified atom stereocenters. The Kier molecular flexibility index (Phi) is 7.02. The number of phenolic OH excluding ortho intramolecular Hbond substituents is 2. The molecular formula is C21H22O6. The zero-order valence-corrected chi connectivity index (χ0v) is 15.1. The molecule has 0 saturated carbocycles. The molecule has 0 heterocycles. The van der Waals surface area contributed by atoms with Crippen molar-refractivity contribution in [2.75, 3.05) is 14.2 Å². The number of aromatic hydroxyl groups is 2. The quantitative estimate of drug-likeness (QED) is 0.618. The van der Waals surface area contributed by atoms with Crippen molar-refractivity contribution in [2.45, 2.75) is 12.5 Å². The lowest BCUT2D eigenvalue weighted by atomic mass is 10.1. The summed E-state index contributed by atoms with van der Waals surface area (Å²) in [6.07, 6.45) is 5.08. The monoisotopic (exact) mass is 370 g/mol. The highest BCUT2D eigenvalue weighted by Crippen LogP contribution is 2.27. The molecule has 27 heavy (non-hydrogen) atoms. The number of phenols is 2. The molecule has 6 nitrogen and oxygen atoms in total. The maximum atomic E-state index is 12.0. The number of allylic oxidation sites excluding steroid dienone is 1. The van der Waals surface area contributed by atoms with Crippen molar-refractivity contribution in [1.29, 1.82) is 0 Å². The first kappa shape index (κ1) is 20.1. The number of hydrogen-bond donors (Lipinski definition) is 3. The van der Waals surface area contributed by atoms with Gasteiger partial charge in [0.1, 0.15) is 0 Å². The second-order valence-electron chi connectivity index (χ2n) is 5.79. The standard InChI is InChI=1S/C21H22O6/c1-26-20-11-14(5-9-18(20)24)3-7-16(22)13-17(23)8-4-15-6-10-19(25)21(12-15)27-2/h3-12,16,22,24-25H,13H2,1-2H3/b7-3+,8-4+. The zero-order valence-electron chi connectivity index (χ0n) is 15.1. The van der Waals surface area contributed by atoms with Gasteiger partial charge in [-0.2, -0.15) is 0 Å². The van der Waals surface area contributed by atoms with Crippen molar-refractivity contribution in [3.8, 4) is 23.0 Å². The van der Waals surface area contributed by atoms with Crippen LogP contribution in [0.4, 0.5) is 0 Å². The molecule has 0 fully saturated rings. The Labute approximate surface area is 157 Å². The van der Waals surface area contributed by atoms with Crippen LogP contribution in [0.15, 0.2) is 48.6 Å². The van der Waals surface area contributed by atoms with Gasteiger partial charge < -0.3 is 24.8 Å². The summed E-state index contributed by atoms with van der Waals surface area (Å²) in [7, 11) is 2.89. The molecule has 3 N–H and O–H groups in total. The van der Waals surface area contributed by atoms with Gasteiger partial charge >= 0.3 is 0 Å². The Morgan fingerprint density at radius 2 is 1.48 bits per heavy atom. The molecule has 0 bridgehead atoms. The summed E-state index contributed by atoms with van der Waals surface area (Å²) in [5.74, 6) is 0.447. The summed E-state index contributed by atoms with van der Waals surface area (Å²) in [5, 5.41) is 29.1. The summed E-state index contributed by atoms with van der Waals surface area (Å²) in [6, 6.07) is 9.51. The van der Waals surface area contributed by atoms with Crippen molar-refractivity contribution in [2.24, 2.45) is 0 Å². The van der Waals surface area contributed by atoms with Crippen molar-refractivity contribution >= 4 is 17.9 Å². The van der Waals surface area contributed by atoms with E-state index >= 15 is 0 Å². The molecule has 1 atom stereocenters. The zero-order chi connectivity index (χ0) is 19.8. The average Bonchev–Trinajstić information content (AvgIpc) is 2.66.